The number of ether oxygens (including phenoxy) is 2. The van der Waals surface area contributed by atoms with Crippen LogP contribution in [0.2, 0.25) is 0 Å². The molecule has 2 heterocycles. The molecule has 1 aromatic heterocycles. The predicted molar refractivity (Wildman–Crippen MR) is 96.4 cm³/mol. The summed E-state index contributed by atoms with van der Waals surface area (Å²) in [4.78, 5) is 16.9. The van der Waals surface area contributed by atoms with Gasteiger partial charge < -0.3 is 14.4 Å². The molecule has 0 aromatic carbocycles. The van der Waals surface area contributed by atoms with Gasteiger partial charge in [-0.05, 0) is 27.7 Å². The van der Waals surface area contributed by atoms with Gasteiger partial charge in [0.05, 0.1) is 31.1 Å². The van der Waals surface area contributed by atoms with E-state index in [1.54, 1.807) is 7.11 Å². The van der Waals surface area contributed by atoms with E-state index < -0.39 is 0 Å². The number of aryl methyl sites for hydroxylation is 2. The van der Waals surface area contributed by atoms with Crippen LogP contribution in [0.25, 0.3) is 0 Å². The summed E-state index contributed by atoms with van der Waals surface area (Å²) in [6.07, 6.45) is 0.172. The number of nitrogens with zero attached hydrogens (tertiary/aromatic N) is 4. The maximum atomic E-state index is 12.8. The Balaban J connectivity index is 2.05. The van der Waals surface area contributed by atoms with E-state index in [2.05, 4.69) is 16.9 Å². The second-order valence-electron chi connectivity index (χ2n) is 7.03. The Kier molecular flexibility index (Phi) is 6.98. The number of morpholine rings is 1. The third-order valence-electron chi connectivity index (χ3n) is 4.78. The molecule has 25 heavy (non-hydrogen) atoms. The summed E-state index contributed by atoms with van der Waals surface area (Å²) >= 11 is 0. The summed E-state index contributed by atoms with van der Waals surface area (Å²) in [5.41, 5.74) is 3.35. The van der Waals surface area contributed by atoms with Gasteiger partial charge in [0.2, 0.25) is 5.91 Å². The molecule has 1 amide bonds. The minimum absolute atomic E-state index is 0.0861. The van der Waals surface area contributed by atoms with E-state index in [1.807, 2.05) is 37.4 Å². The summed E-state index contributed by atoms with van der Waals surface area (Å²) < 4.78 is 12.9. The summed E-state index contributed by atoms with van der Waals surface area (Å²) in [5, 5.41) is 4.48. The Labute approximate surface area is 150 Å². The van der Waals surface area contributed by atoms with Gasteiger partial charge in [-0.15, -0.1) is 0 Å². The highest BCUT2D eigenvalue weighted by Gasteiger charge is 2.27. The van der Waals surface area contributed by atoms with Crippen LogP contribution in [0.4, 0.5) is 0 Å². The van der Waals surface area contributed by atoms with Crippen molar-refractivity contribution in [1.29, 1.82) is 0 Å². The van der Waals surface area contributed by atoms with Gasteiger partial charge >= 0.3 is 0 Å². The minimum Gasteiger partial charge on any atom is -0.383 e. The zero-order valence-corrected chi connectivity index (χ0v) is 16.4. The first-order chi connectivity index (χ1) is 11.8. The molecule has 0 saturated carbocycles. The van der Waals surface area contributed by atoms with Gasteiger partial charge in [0.15, 0.2) is 0 Å². The molecule has 2 atom stereocenters. The normalized spacial score (nSPS) is 21.2. The number of amides is 1. The van der Waals surface area contributed by atoms with Gasteiger partial charge in [-0.25, -0.2) is 0 Å². The third kappa shape index (κ3) is 5.26. The lowest BCUT2D eigenvalue weighted by atomic mass is 10.1. The third-order valence-corrected chi connectivity index (χ3v) is 4.78. The zero-order valence-electron chi connectivity index (χ0n) is 16.4. The lowest BCUT2D eigenvalue weighted by Gasteiger charge is -2.36. The average Bonchev–Trinajstić information content (AvgIpc) is 2.77. The van der Waals surface area contributed by atoms with Gasteiger partial charge in [-0.3, -0.25) is 14.4 Å². The molecule has 0 aliphatic carbocycles. The van der Waals surface area contributed by atoms with Crippen molar-refractivity contribution in [3.8, 4) is 0 Å². The van der Waals surface area contributed by atoms with Crippen LogP contribution in [0.1, 0.15) is 30.8 Å². The quantitative estimate of drug-likeness (QED) is 0.736. The number of carbonyl (C=O) groups is 1. The number of methoxy groups -OCH3 is 1. The largest absolute Gasteiger partial charge is 0.383 e. The zero-order chi connectivity index (χ0) is 18.6. The molecule has 1 aromatic rings. The van der Waals surface area contributed by atoms with Gasteiger partial charge in [0, 0.05) is 51.6 Å². The number of rotatable bonds is 7. The average molecular weight is 352 g/mol. The molecule has 0 unspecified atom stereocenters. The van der Waals surface area contributed by atoms with Crippen LogP contribution in [0, 0.1) is 13.8 Å². The summed E-state index contributed by atoms with van der Waals surface area (Å²) in [7, 11) is 3.64. The highest BCUT2D eigenvalue weighted by atomic mass is 16.5. The molecule has 1 aliphatic rings. The second-order valence-corrected chi connectivity index (χ2v) is 7.03. The molecule has 0 radical (unpaired) electrons. The van der Waals surface area contributed by atoms with Crippen LogP contribution in [0.15, 0.2) is 0 Å². The summed E-state index contributed by atoms with van der Waals surface area (Å²) in [6, 6.07) is 0. The fourth-order valence-corrected chi connectivity index (χ4v) is 3.38. The summed E-state index contributed by atoms with van der Waals surface area (Å²) in [5.74, 6) is 0.150. The van der Waals surface area contributed by atoms with Crippen LogP contribution in [-0.2, 0) is 27.9 Å². The second kappa shape index (κ2) is 8.78. The van der Waals surface area contributed by atoms with Crippen molar-refractivity contribution in [2.45, 2.75) is 46.4 Å². The highest BCUT2D eigenvalue weighted by molar-refractivity contribution is 5.78. The van der Waals surface area contributed by atoms with Crippen LogP contribution < -0.4 is 0 Å². The van der Waals surface area contributed by atoms with Gasteiger partial charge in [0.25, 0.3) is 0 Å². The lowest BCUT2D eigenvalue weighted by molar-refractivity contribution is -0.144. The minimum atomic E-state index is 0.0861. The molecule has 1 aliphatic heterocycles. The molecule has 142 valence electrons. The number of aromatic nitrogens is 2. The van der Waals surface area contributed by atoms with E-state index in [-0.39, 0.29) is 18.1 Å². The Bertz CT molecular complexity index is 577. The van der Waals surface area contributed by atoms with E-state index in [0.717, 1.165) is 11.4 Å². The van der Waals surface area contributed by atoms with Crippen LogP contribution in [0.3, 0.4) is 0 Å². The van der Waals surface area contributed by atoms with Crippen molar-refractivity contribution in [3.05, 3.63) is 17.0 Å². The van der Waals surface area contributed by atoms with Crippen molar-refractivity contribution in [3.63, 3.8) is 0 Å². The van der Waals surface area contributed by atoms with E-state index in [0.29, 0.717) is 39.3 Å². The Hall–Kier alpha value is -1.44. The topological polar surface area (TPSA) is 59.8 Å². The molecule has 2 rings (SSSR count). The van der Waals surface area contributed by atoms with Crippen molar-refractivity contribution in [1.82, 2.24) is 19.6 Å². The van der Waals surface area contributed by atoms with Crippen molar-refractivity contribution in [2.75, 3.05) is 39.9 Å². The van der Waals surface area contributed by atoms with Gasteiger partial charge in [-0.1, -0.05) is 0 Å². The van der Waals surface area contributed by atoms with E-state index in [4.69, 9.17) is 9.47 Å². The first-order valence-electron chi connectivity index (χ1n) is 8.95. The first-order valence-corrected chi connectivity index (χ1v) is 8.95. The van der Waals surface area contributed by atoms with Crippen LogP contribution >= 0.6 is 0 Å². The van der Waals surface area contributed by atoms with E-state index >= 15 is 0 Å². The van der Waals surface area contributed by atoms with Crippen LogP contribution in [-0.4, -0.2) is 77.6 Å². The molecule has 1 saturated heterocycles. The standard InChI is InChI=1S/C18H32N4O3/c1-13-9-22(10-14(2)25-13)18(23)12-21(7-8-24-6)11-17-15(3)19-20(5)16(17)4/h13-14H,7-12H2,1-6H3/t13-,14+. The first kappa shape index (κ1) is 19.9. The Morgan fingerprint density at radius 2 is 1.96 bits per heavy atom. The predicted octanol–water partition coefficient (Wildman–Crippen LogP) is 1.12. The highest BCUT2D eigenvalue weighted by Crippen LogP contribution is 2.16. The Morgan fingerprint density at radius 1 is 1.32 bits per heavy atom. The molecule has 0 bridgehead atoms. The van der Waals surface area contributed by atoms with Crippen molar-refractivity contribution < 1.29 is 14.3 Å². The van der Waals surface area contributed by atoms with E-state index in [1.165, 1.54) is 5.56 Å². The Morgan fingerprint density at radius 3 is 2.48 bits per heavy atom. The fourth-order valence-electron chi connectivity index (χ4n) is 3.38. The molecule has 1 fully saturated rings. The van der Waals surface area contributed by atoms with Gasteiger partial charge in [0.1, 0.15) is 0 Å². The molecule has 7 nitrogen and oxygen atoms in total. The smallest absolute Gasteiger partial charge is 0.236 e. The van der Waals surface area contributed by atoms with Crippen LogP contribution in [0.5, 0.6) is 0 Å². The molecular formula is C18H32N4O3. The fraction of sp³-hybridized carbons (Fsp3) is 0.778. The maximum Gasteiger partial charge on any atom is 0.236 e. The monoisotopic (exact) mass is 352 g/mol. The number of carbonyl (C=O) groups excluding carboxylic acids is 1. The number of hydrogen-bond acceptors (Lipinski definition) is 5. The van der Waals surface area contributed by atoms with Crippen molar-refractivity contribution >= 4 is 5.91 Å². The lowest BCUT2D eigenvalue weighted by Crippen LogP contribution is -2.51. The van der Waals surface area contributed by atoms with Crippen molar-refractivity contribution in [2.24, 2.45) is 7.05 Å². The van der Waals surface area contributed by atoms with E-state index in [9.17, 15) is 4.79 Å². The maximum absolute atomic E-state index is 12.8. The SMILES string of the molecule is COCCN(CC(=O)N1C[C@@H](C)O[C@@H](C)C1)Cc1c(C)nn(C)c1C. The molecule has 7 heteroatoms. The molecular weight excluding hydrogens is 320 g/mol. The number of hydrogen-bond donors (Lipinski definition) is 0. The summed E-state index contributed by atoms with van der Waals surface area (Å²) in [6.45, 7) is 11.8. The molecule has 0 N–H and O–H groups in total. The molecule has 0 spiro atoms. The van der Waals surface area contributed by atoms with Gasteiger partial charge in [-0.2, -0.15) is 5.10 Å².